The van der Waals surface area contributed by atoms with Gasteiger partial charge in [-0.2, -0.15) is 0 Å². The average Bonchev–Trinajstić information content (AvgIpc) is 3.52. The number of aromatic nitrogens is 3. The van der Waals surface area contributed by atoms with Crippen molar-refractivity contribution in [2.45, 2.75) is 57.4 Å². The maximum Gasteiger partial charge on any atom is 0.262 e. The zero-order valence-corrected chi connectivity index (χ0v) is 18.0. The highest BCUT2D eigenvalue weighted by molar-refractivity contribution is 6.24. The fraction of sp³-hybridized carbons (Fsp3) is 0.455. The molecule has 11 heteroatoms. The van der Waals surface area contributed by atoms with Crippen molar-refractivity contribution < 1.29 is 19.2 Å². The van der Waals surface area contributed by atoms with Crippen LogP contribution in [0.5, 0.6) is 0 Å². The molecule has 3 aliphatic heterocycles. The Morgan fingerprint density at radius 1 is 1.09 bits per heavy atom. The van der Waals surface area contributed by atoms with Gasteiger partial charge in [0.15, 0.2) is 0 Å². The number of carbonyl (C=O) groups is 4. The highest BCUT2D eigenvalue weighted by atomic mass is 16.2. The molecule has 0 saturated carbocycles. The topological polar surface area (TPSA) is 138 Å². The third-order valence-electron chi connectivity index (χ3n) is 6.33. The molecule has 1 aromatic carbocycles. The lowest BCUT2D eigenvalue weighted by Crippen LogP contribution is -2.54. The number of imide groups is 2. The minimum atomic E-state index is -0.972. The number of rotatable bonds is 7. The molecule has 3 N–H and O–H groups in total. The minimum Gasteiger partial charge on any atom is -0.312 e. The van der Waals surface area contributed by atoms with E-state index in [0.717, 1.165) is 30.1 Å². The van der Waals surface area contributed by atoms with Crippen LogP contribution >= 0.6 is 0 Å². The van der Waals surface area contributed by atoms with Crippen LogP contribution in [0.25, 0.3) is 0 Å². The first-order chi connectivity index (χ1) is 16.0. The lowest BCUT2D eigenvalue weighted by atomic mass is 10.0. The van der Waals surface area contributed by atoms with Gasteiger partial charge in [-0.15, -0.1) is 5.10 Å². The minimum absolute atomic E-state index is 0.0930. The van der Waals surface area contributed by atoms with Crippen molar-refractivity contribution in [1.29, 1.82) is 0 Å². The highest BCUT2D eigenvalue weighted by Crippen LogP contribution is 2.29. The van der Waals surface area contributed by atoms with E-state index in [1.54, 1.807) is 18.2 Å². The number of benzene rings is 1. The first kappa shape index (κ1) is 21.4. The molecule has 4 heterocycles. The summed E-state index contributed by atoms with van der Waals surface area (Å²) < 4.78 is 1.83. The van der Waals surface area contributed by atoms with Gasteiger partial charge in [-0.1, -0.05) is 17.3 Å². The maximum absolute atomic E-state index is 13.1. The zero-order chi connectivity index (χ0) is 22.9. The Morgan fingerprint density at radius 3 is 2.76 bits per heavy atom. The smallest absolute Gasteiger partial charge is 0.262 e. The Bertz CT molecular complexity index is 1120. The van der Waals surface area contributed by atoms with Gasteiger partial charge in [0, 0.05) is 31.7 Å². The van der Waals surface area contributed by atoms with E-state index in [0.29, 0.717) is 30.3 Å². The maximum atomic E-state index is 13.1. The van der Waals surface area contributed by atoms with E-state index in [1.165, 1.54) is 6.42 Å². The molecule has 4 amide bonds. The molecule has 11 nitrogen and oxygen atoms in total. The van der Waals surface area contributed by atoms with E-state index in [-0.39, 0.29) is 18.4 Å². The van der Waals surface area contributed by atoms with Crippen LogP contribution in [0.3, 0.4) is 0 Å². The molecule has 5 rings (SSSR count). The first-order valence-corrected chi connectivity index (χ1v) is 11.2. The SMILES string of the molecule is O=C1CCC(N2C(=O)c3cccc(CNCc4cn(C[C@@H]5CCCN5)nn4)c3C2=O)C(=O)N1. The molecule has 172 valence electrons. The van der Waals surface area contributed by atoms with Crippen molar-refractivity contribution in [3.05, 3.63) is 46.8 Å². The molecule has 1 aromatic heterocycles. The fourth-order valence-corrected chi connectivity index (χ4v) is 4.70. The van der Waals surface area contributed by atoms with Crippen LogP contribution in [0, 0.1) is 0 Å². The van der Waals surface area contributed by atoms with E-state index in [4.69, 9.17) is 0 Å². The summed E-state index contributed by atoms with van der Waals surface area (Å²) in [6.45, 7) is 2.63. The fourth-order valence-electron chi connectivity index (χ4n) is 4.70. The molecule has 2 aromatic rings. The number of hydrogen-bond acceptors (Lipinski definition) is 8. The molecule has 2 atom stereocenters. The van der Waals surface area contributed by atoms with E-state index in [2.05, 4.69) is 26.3 Å². The molecular weight excluding hydrogens is 426 g/mol. The summed E-state index contributed by atoms with van der Waals surface area (Å²) in [5.41, 5.74) is 2.03. The predicted octanol–water partition coefficient (Wildman–Crippen LogP) is -0.279. The van der Waals surface area contributed by atoms with Crippen LogP contribution in [0.15, 0.2) is 24.4 Å². The van der Waals surface area contributed by atoms with Crippen LogP contribution in [-0.4, -0.2) is 62.2 Å². The summed E-state index contributed by atoms with van der Waals surface area (Å²) in [6.07, 6.45) is 4.44. The Morgan fingerprint density at radius 2 is 1.97 bits per heavy atom. The Kier molecular flexibility index (Phi) is 5.73. The molecule has 0 aliphatic carbocycles. The van der Waals surface area contributed by atoms with Crippen LogP contribution < -0.4 is 16.0 Å². The van der Waals surface area contributed by atoms with Gasteiger partial charge in [-0.25, -0.2) is 0 Å². The van der Waals surface area contributed by atoms with Crippen LogP contribution in [0.1, 0.15) is 57.7 Å². The van der Waals surface area contributed by atoms with E-state index in [9.17, 15) is 19.2 Å². The molecule has 3 aliphatic rings. The van der Waals surface area contributed by atoms with Crippen molar-refractivity contribution in [2.75, 3.05) is 6.54 Å². The second-order valence-corrected chi connectivity index (χ2v) is 8.62. The summed E-state index contributed by atoms with van der Waals surface area (Å²) in [4.78, 5) is 50.7. The van der Waals surface area contributed by atoms with Gasteiger partial charge >= 0.3 is 0 Å². The van der Waals surface area contributed by atoms with Gasteiger partial charge in [0.1, 0.15) is 6.04 Å². The van der Waals surface area contributed by atoms with E-state index < -0.39 is 29.7 Å². The highest BCUT2D eigenvalue weighted by Gasteiger charge is 2.45. The molecule has 1 unspecified atom stereocenters. The number of nitrogens with zero attached hydrogens (tertiary/aromatic N) is 4. The van der Waals surface area contributed by atoms with Gasteiger partial charge < -0.3 is 10.6 Å². The van der Waals surface area contributed by atoms with Gasteiger partial charge in [0.05, 0.1) is 23.4 Å². The molecule has 33 heavy (non-hydrogen) atoms. The van der Waals surface area contributed by atoms with Crippen molar-refractivity contribution in [1.82, 2.24) is 35.8 Å². The van der Waals surface area contributed by atoms with Crippen LogP contribution in [0.4, 0.5) is 0 Å². The standard InChI is InChI=1S/C22H25N7O4/c30-18-7-6-17(20(31)25-18)29-21(32)16-5-1-3-13(19(16)22(29)33)9-23-10-15-12-28(27-26-15)11-14-4-2-8-24-14/h1,3,5,12,14,17,23-24H,2,4,6-11H2,(H,25,30,31)/t14-,17?/m0/s1. The van der Waals surface area contributed by atoms with Crippen molar-refractivity contribution >= 4 is 23.6 Å². The van der Waals surface area contributed by atoms with Crippen molar-refractivity contribution in [3.8, 4) is 0 Å². The van der Waals surface area contributed by atoms with Crippen LogP contribution in [0.2, 0.25) is 0 Å². The number of fused-ring (bicyclic) bond motifs is 1. The number of piperidine rings is 1. The second-order valence-electron chi connectivity index (χ2n) is 8.62. The third-order valence-corrected chi connectivity index (χ3v) is 6.33. The summed E-state index contributed by atoms with van der Waals surface area (Å²) in [7, 11) is 0. The normalized spacial score (nSPS) is 22.7. The van der Waals surface area contributed by atoms with Gasteiger partial charge in [-0.3, -0.25) is 34.1 Å². The quantitative estimate of drug-likeness (QED) is 0.489. The Hall–Kier alpha value is -3.44. The van der Waals surface area contributed by atoms with Crippen molar-refractivity contribution in [2.24, 2.45) is 0 Å². The molecule has 2 saturated heterocycles. The lowest BCUT2D eigenvalue weighted by Gasteiger charge is -2.27. The molecule has 2 fully saturated rings. The van der Waals surface area contributed by atoms with E-state index >= 15 is 0 Å². The van der Waals surface area contributed by atoms with E-state index in [1.807, 2.05) is 10.9 Å². The molecular formula is C22H25N7O4. The summed E-state index contributed by atoms with van der Waals surface area (Å²) in [5, 5.41) is 17.3. The first-order valence-electron chi connectivity index (χ1n) is 11.2. The monoisotopic (exact) mass is 451 g/mol. The second kappa shape index (κ2) is 8.83. The largest absolute Gasteiger partial charge is 0.312 e. The zero-order valence-electron chi connectivity index (χ0n) is 18.0. The number of carbonyl (C=O) groups excluding carboxylic acids is 4. The van der Waals surface area contributed by atoms with Gasteiger partial charge in [0.25, 0.3) is 11.8 Å². The Labute approximate surface area is 189 Å². The number of hydrogen-bond donors (Lipinski definition) is 3. The van der Waals surface area contributed by atoms with Crippen molar-refractivity contribution in [3.63, 3.8) is 0 Å². The average molecular weight is 451 g/mol. The number of amides is 4. The molecule has 0 radical (unpaired) electrons. The van der Waals surface area contributed by atoms with Gasteiger partial charge in [-0.05, 0) is 37.4 Å². The summed E-state index contributed by atoms with van der Waals surface area (Å²) in [6, 6.07) is 4.55. The Balaban J connectivity index is 1.24. The van der Waals surface area contributed by atoms with Crippen LogP contribution in [-0.2, 0) is 29.2 Å². The molecule has 0 bridgehead atoms. The number of nitrogens with one attached hydrogen (secondary N) is 3. The lowest BCUT2D eigenvalue weighted by molar-refractivity contribution is -0.136. The molecule has 0 spiro atoms. The predicted molar refractivity (Wildman–Crippen MR) is 115 cm³/mol. The summed E-state index contributed by atoms with van der Waals surface area (Å²) in [5.74, 6) is -2.02. The summed E-state index contributed by atoms with van der Waals surface area (Å²) >= 11 is 0. The third kappa shape index (κ3) is 4.16. The van der Waals surface area contributed by atoms with Gasteiger partial charge in [0.2, 0.25) is 11.8 Å².